The molecule has 1 unspecified atom stereocenters. The van der Waals surface area contributed by atoms with Crippen molar-refractivity contribution in [2.75, 3.05) is 12.0 Å². The number of amides is 1. The van der Waals surface area contributed by atoms with Crippen molar-refractivity contribution in [2.24, 2.45) is 5.84 Å². The maximum absolute atomic E-state index is 12.5. The number of nitrogens with two attached hydrogens (primary N) is 1. The summed E-state index contributed by atoms with van der Waals surface area (Å²) in [4.78, 5) is 16.2. The minimum Gasteiger partial charge on any atom is -0.355 e. The fraction of sp³-hybridized carbons (Fsp3) is 0.400. The van der Waals surface area contributed by atoms with Crippen LogP contribution in [-0.2, 0) is 14.8 Å². The van der Waals surface area contributed by atoms with E-state index in [9.17, 15) is 13.2 Å². The number of fused-ring (bicyclic) bond motifs is 1. The van der Waals surface area contributed by atoms with Crippen molar-refractivity contribution in [1.82, 2.24) is 19.4 Å². The minimum atomic E-state index is -3.96. The smallest absolute Gasteiger partial charge is 0.261 e. The molecule has 0 aliphatic rings. The summed E-state index contributed by atoms with van der Waals surface area (Å²) in [7, 11) is -3.96. The number of anilines is 1. The predicted octanol–water partition coefficient (Wildman–Crippen LogP) is -0.516. The number of likely N-dealkylation sites (N-methyl/N-ethyl adjacent to an activating group) is 1. The maximum atomic E-state index is 12.5. The van der Waals surface area contributed by atoms with Crippen LogP contribution in [0.3, 0.4) is 0 Å². The van der Waals surface area contributed by atoms with E-state index in [1.165, 1.54) is 22.7 Å². The molecule has 2 aromatic rings. The highest BCUT2D eigenvalue weighted by atomic mass is 32.2. The molecule has 0 aliphatic heterocycles. The Hall–Kier alpha value is -1.69. The van der Waals surface area contributed by atoms with Gasteiger partial charge in [-0.25, -0.2) is 14.3 Å². The lowest BCUT2D eigenvalue weighted by molar-refractivity contribution is -0.122. The second-order valence-corrected chi connectivity index (χ2v) is 6.71. The zero-order valence-corrected chi connectivity index (χ0v) is 13.1. The molecule has 0 saturated carbocycles. The highest BCUT2D eigenvalue weighted by molar-refractivity contribution is 7.89. The van der Waals surface area contributed by atoms with E-state index in [1.54, 1.807) is 18.5 Å². The third-order valence-corrected chi connectivity index (χ3v) is 5.01. The Kier molecular flexibility index (Phi) is 4.46. The van der Waals surface area contributed by atoms with Crippen molar-refractivity contribution in [2.45, 2.75) is 24.9 Å². The average Bonchev–Trinajstić information content (AvgIpc) is 2.97. The molecule has 2 aromatic heterocycles. The Bertz CT molecular complexity index is 750. The molecule has 9 nitrogen and oxygen atoms in total. The number of aromatic nitrogens is 2. The number of hydrogen-bond donors (Lipinski definition) is 4. The zero-order valence-electron chi connectivity index (χ0n) is 11.5. The lowest BCUT2D eigenvalue weighted by Gasteiger charge is -2.13. The van der Waals surface area contributed by atoms with Crippen LogP contribution in [0.5, 0.6) is 0 Å². The maximum Gasteiger partial charge on any atom is 0.261 e. The van der Waals surface area contributed by atoms with Crippen LogP contribution in [0.2, 0.25) is 0 Å². The monoisotopic (exact) mass is 332 g/mol. The Morgan fingerprint density at radius 2 is 2.29 bits per heavy atom. The van der Waals surface area contributed by atoms with E-state index >= 15 is 0 Å². The fourth-order valence-electron chi connectivity index (χ4n) is 1.79. The van der Waals surface area contributed by atoms with Crippen molar-refractivity contribution in [1.29, 1.82) is 0 Å². The first kappa shape index (κ1) is 15.7. The summed E-state index contributed by atoms with van der Waals surface area (Å²) in [6.45, 7) is 3.63. The number of imidazole rings is 1. The third kappa shape index (κ3) is 3.00. The number of carbonyl (C=O) groups is 1. The van der Waals surface area contributed by atoms with E-state index in [4.69, 9.17) is 5.84 Å². The molecule has 21 heavy (non-hydrogen) atoms. The Labute approximate surface area is 125 Å². The molecule has 0 saturated heterocycles. The van der Waals surface area contributed by atoms with Gasteiger partial charge in [0.1, 0.15) is 0 Å². The molecule has 0 radical (unpaired) electrons. The highest BCUT2D eigenvalue weighted by Gasteiger charge is 2.29. The number of nitrogens with zero attached hydrogens (tertiary/aromatic N) is 2. The molecular weight excluding hydrogens is 316 g/mol. The van der Waals surface area contributed by atoms with Crippen LogP contribution in [-0.4, -0.2) is 36.3 Å². The first-order valence-corrected chi connectivity index (χ1v) is 8.49. The van der Waals surface area contributed by atoms with Gasteiger partial charge in [-0.1, -0.05) is 0 Å². The second-order valence-electron chi connectivity index (χ2n) is 4.20. The van der Waals surface area contributed by atoms with Gasteiger partial charge >= 0.3 is 0 Å². The summed E-state index contributed by atoms with van der Waals surface area (Å²) in [6.07, 6.45) is 1.57. The Balaban J connectivity index is 2.37. The van der Waals surface area contributed by atoms with E-state index in [-0.39, 0.29) is 10.8 Å². The van der Waals surface area contributed by atoms with Crippen LogP contribution in [0.1, 0.15) is 13.8 Å². The molecule has 116 valence electrons. The van der Waals surface area contributed by atoms with Gasteiger partial charge in [0.2, 0.25) is 10.9 Å². The quantitative estimate of drug-likeness (QED) is 0.416. The van der Waals surface area contributed by atoms with Crippen molar-refractivity contribution in [3.05, 3.63) is 11.6 Å². The zero-order chi connectivity index (χ0) is 15.6. The van der Waals surface area contributed by atoms with Crippen LogP contribution < -0.4 is 21.3 Å². The fourth-order valence-corrected chi connectivity index (χ4v) is 4.01. The van der Waals surface area contributed by atoms with Crippen molar-refractivity contribution in [3.63, 3.8) is 0 Å². The molecule has 5 N–H and O–H groups in total. The van der Waals surface area contributed by atoms with Crippen LogP contribution >= 0.6 is 11.3 Å². The van der Waals surface area contributed by atoms with Crippen LogP contribution in [0.4, 0.5) is 5.82 Å². The normalized spacial score (nSPS) is 13.3. The number of rotatable bonds is 6. The lowest BCUT2D eigenvalue weighted by atomic mass is 10.3. The van der Waals surface area contributed by atoms with Gasteiger partial charge in [0, 0.05) is 18.1 Å². The molecular formula is C10H16N6O3S2. The van der Waals surface area contributed by atoms with Crippen LogP contribution in [0.15, 0.2) is 16.6 Å². The third-order valence-electron chi connectivity index (χ3n) is 2.69. The van der Waals surface area contributed by atoms with Gasteiger partial charge in [-0.15, -0.1) is 11.3 Å². The van der Waals surface area contributed by atoms with Gasteiger partial charge < -0.3 is 10.7 Å². The SMILES string of the molecule is CCNC(=O)C(C)NS(=O)(=O)c1c(NN)nc2sccn12. The number of hydrazine groups is 1. The summed E-state index contributed by atoms with van der Waals surface area (Å²) >= 11 is 1.27. The number of thiazole rings is 1. The van der Waals surface area contributed by atoms with Gasteiger partial charge in [0.15, 0.2) is 10.8 Å². The molecule has 0 aromatic carbocycles. The van der Waals surface area contributed by atoms with Gasteiger partial charge in [-0.05, 0) is 13.8 Å². The standard InChI is InChI=1S/C10H16N6O3S2/c1-3-12-8(17)6(2)15-21(18,19)9-7(14-11)13-10-16(9)4-5-20-10/h4-6,14-15H,3,11H2,1-2H3,(H,12,17). The van der Waals surface area contributed by atoms with Crippen molar-refractivity contribution >= 4 is 38.0 Å². The van der Waals surface area contributed by atoms with E-state index < -0.39 is 22.0 Å². The second kappa shape index (κ2) is 5.97. The van der Waals surface area contributed by atoms with E-state index in [0.717, 1.165) is 0 Å². The molecule has 2 rings (SSSR count). The van der Waals surface area contributed by atoms with Crippen LogP contribution in [0, 0.1) is 0 Å². The number of sulfonamides is 1. The summed E-state index contributed by atoms with van der Waals surface area (Å²) in [5.74, 6) is 4.93. The number of nitrogen functional groups attached to an aromatic ring is 1. The molecule has 11 heteroatoms. The minimum absolute atomic E-state index is 0.0254. The summed E-state index contributed by atoms with van der Waals surface area (Å²) in [5, 5.41) is 4.12. The predicted molar refractivity (Wildman–Crippen MR) is 79.3 cm³/mol. The number of nitrogens with one attached hydrogen (secondary N) is 3. The van der Waals surface area contributed by atoms with E-state index in [2.05, 4.69) is 20.4 Å². The van der Waals surface area contributed by atoms with Crippen LogP contribution in [0.25, 0.3) is 4.96 Å². The molecule has 0 aliphatic carbocycles. The Morgan fingerprint density at radius 3 is 2.90 bits per heavy atom. The van der Waals surface area contributed by atoms with Gasteiger partial charge in [0.05, 0.1) is 6.04 Å². The largest absolute Gasteiger partial charge is 0.355 e. The summed E-state index contributed by atoms with van der Waals surface area (Å²) in [5.41, 5.74) is 2.26. The Morgan fingerprint density at radius 1 is 1.57 bits per heavy atom. The molecule has 0 bridgehead atoms. The van der Waals surface area contributed by atoms with E-state index in [0.29, 0.717) is 11.5 Å². The number of hydrogen-bond acceptors (Lipinski definition) is 7. The molecule has 1 atom stereocenters. The van der Waals surface area contributed by atoms with Crippen molar-refractivity contribution < 1.29 is 13.2 Å². The lowest BCUT2D eigenvalue weighted by Crippen LogP contribution is -2.45. The first-order valence-electron chi connectivity index (χ1n) is 6.13. The summed E-state index contributed by atoms with van der Waals surface area (Å²) < 4.78 is 28.6. The van der Waals surface area contributed by atoms with E-state index in [1.807, 2.05) is 0 Å². The van der Waals surface area contributed by atoms with Gasteiger partial charge in [0.25, 0.3) is 10.0 Å². The van der Waals surface area contributed by atoms with Gasteiger partial charge in [-0.3, -0.25) is 9.20 Å². The molecule has 2 heterocycles. The molecule has 1 amide bonds. The van der Waals surface area contributed by atoms with Crippen molar-refractivity contribution in [3.8, 4) is 0 Å². The average molecular weight is 332 g/mol. The molecule has 0 spiro atoms. The van der Waals surface area contributed by atoms with Gasteiger partial charge in [-0.2, -0.15) is 9.71 Å². The highest BCUT2D eigenvalue weighted by Crippen LogP contribution is 2.24. The summed E-state index contributed by atoms with van der Waals surface area (Å²) in [6, 6.07) is -0.912. The topological polar surface area (TPSA) is 131 Å². The molecule has 0 fully saturated rings. The number of carbonyl (C=O) groups excluding carboxylic acids is 1. The first-order chi connectivity index (χ1) is 9.90.